The Balaban J connectivity index is 4.43. The van der Waals surface area contributed by atoms with Crippen LogP contribution in [0.2, 0.25) is 0 Å². The minimum atomic E-state index is -0.360. The van der Waals surface area contributed by atoms with E-state index in [9.17, 15) is 4.79 Å². The van der Waals surface area contributed by atoms with Crippen molar-refractivity contribution in [3.8, 4) is 0 Å². The fourth-order valence-electron chi connectivity index (χ4n) is 1.08. The molecule has 0 amide bonds. The van der Waals surface area contributed by atoms with E-state index in [1.807, 2.05) is 32.9 Å². The van der Waals surface area contributed by atoms with Gasteiger partial charge in [0.2, 0.25) is 0 Å². The highest BCUT2D eigenvalue weighted by atomic mass is 16.1. The second kappa shape index (κ2) is 4.91. The van der Waals surface area contributed by atoms with Crippen molar-refractivity contribution in [2.24, 2.45) is 5.41 Å². The lowest BCUT2D eigenvalue weighted by atomic mass is 9.81. The number of Topliss-reactive ketones (excluding diaryl/α,β-unsaturated/α-hetero) is 1. The molecule has 1 nitrogen and oxygen atoms in total. The maximum atomic E-state index is 11.5. The number of hydrogen-bond acceptors (Lipinski definition) is 1. The van der Waals surface area contributed by atoms with Gasteiger partial charge in [-0.15, -0.1) is 6.58 Å². The molecule has 0 aromatic carbocycles. The molecular weight excluding hydrogens is 148 g/mol. The van der Waals surface area contributed by atoms with Gasteiger partial charge in [0.1, 0.15) is 5.78 Å². The van der Waals surface area contributed by atoms with Crippen LogP contribution in [0.5, 0.6) is 0 Å². The first-order valence-electron chi connectivity index (χ1n) is 4.38. The zero-order valence-electron chi connectivity index (χ0n) is 8.26. The quantitative estimate of drug-likeness (QED) is 0.573. The van der Waals surface area contributed by atoms with Gasteiger partial charge >= 0.3 is 0 Å². The average Bonchev–Trinajstić information content (AvgIpc) is 2.12. The van der Waals surface area contributed by atoms with Gasteiger partial charge in [0.05, 0.1) is 0 Å². The summed E-state index contributed by atoms with van der Waals surface area (Å²) in [6.45, 7) is 9.48. The largest absolute Gasteiger partial charge is 0.299 e. The Hall–Kier alpha value is -0.850. The first kappa shape index (κ1) is 11.2. The standard InChI is InChI=1S/C11H18O/c1-5-8-9-11(4,7-3)10(12)6-2/h5,7-8H,3,6,9H2,1-2,4H3. The first-order chi connectivity index (χ1) is 5.60. The highest BCUT2D eigenvalue weighted by Crippen LogP contribution is 2.25. The van der Waals surface area contributed by atoms with Crippen LogP contribution in [0.15, 0.2) is 24.8 Å². The van der Waals surface area contributed by atoms with Crippen LogP contribution in [0.4, 0.5) is 0 Å². The summed E-state index contributed by atoms with van der Waals surface area (Å²) >= 11 is 0. The molecule has 0 heterocycles. The van der Waals surface area contributed by atoms with Crippen LogP contribution < -0.4 is 0 Å². The first-order valence-corrected chi connectivity index (χ1v) is 4.38. The van der Waals surface area contributed by atoms with Gasteiger partial charge in [0.15, 0.2) is 0 Å². The van der Waals surface area contributed by atoms with Crippen molar-refractivity contribution in [3.05, 3.63) is 24.8 Å². The minimum absolute atomic E-state index is 0.260. The molecule has 0 saturated heterocycles. The van der Waals surface area contributed by atoms with Gasteiger partial charge in [-0.1, -0.05) is 25.2 Å². The van der Waals surface area contributed by atoms with Gasteiger partial charge in [-0.3, -0.25) is 4.79 Å². The number of hydrogen-bond donors (Lipinski definition) is 0. The van der Waals surface area contributed by atoms with E-state index in [1.165, 1.54) is 0 Å². The van der Waals surface area contributed by atoms with Crippen LogP contribution in [-0.4, -0.2) is 5.78 Å². The average molecular weight is 166 g/mol. The Morgan fingerprint density at radius 3 is 2.50 bits per heavy atom. The normalized spacial score (nSPS) is 15.9. The van der Waals surface area contributed by atoms with E-state index in [-0.39, 0.29) is 11.2 Å². The summed E-state index contributed by atoms with van der Waals surface area (Å²) < 4.78 is 0. The van der Waals surface area contributed by atoms with Crippen molar-refractivity contribution in [2.45, 2.75) is 33.6 Å². The Morgan fingerprint density at radius 2 is 2.17 bits per heavy atom. The van der Waals surface area contributed by atoms with Crippen LogP contribution in [0.25, 0.3) is 0 Å². The van der Waals surface area contributed by atoms with Crippen molar-refractivity contribution in [2.75, 3.05) is 0 Å². The number of carbonyl (C=O) groups excluding carboxylic acids is 1. The van der Waals surface area contributed by atoms with Crippen LogP contribution in [0.1, 0.15) is 33.6 Å². The van der Waals surface area contributed by atoms with Crippen molar-refractivity contribution < 1.29 is 4.79 Å². The van der Waals surface area contributed by atoms with Gasteiger partial charge in [0, 0.05) is 11.8 Å². The van der Waals surface area contributed by atoms with E-state index in [1.54, 1.807) is 6.08 Å². The third kappa shape index (κ3) is 2.65. The highest BCUT2D eigenvalue weighted by Gasteiger charge is 2.25. The molecule has 12 heavy (non-hydrogen) atoms. The molecule has 68 valence electrons. The third-order valence-electron chi connectivity index (χ3n) is 2.19. The lowest BCUT2D eigenvalue weighted by Gasteiger charge is -2.21. The van der Waals surface area contributed by atoms with Gasteiger partial charge in [0.25, 0.3) is 0 Å². The monoisotopic (exact) mass is 166 g/mol. The number of rotatable bonds is 5. The third-order valence-corrected chi connectivity index (χ3v) is 2.19. The van der Waals surface area contributed by atoms with E-state index in [0.29, 0.717) is 6.42 Å². The van der Waals surface area contributed by atoms with Crippen molar-refractivity contribution in [1.82, 2.24) is 0 Å². The molecular formula is C11H18O. The zero-order chi connectivity index (χ0) is 9.61. The molecule has 0 aromatic rings. The second-order valence-corrected chi connectivity index (χ2v) is 3.17. The number of allylic oxidation sites excluding steroid dienone is 3. The van der Waals surface area contributed by atoms with E-state index in [0.717, 1.165) is 6.42 Å². The Labute approximate surface area is 75.2 Å². The minimum Gasteiger partial charge on any atom is -0.299 e. The van der Waals surface area contributed by atoms with Crippen LogP contribution in [0, 0.1) is 5.41 Å². The Kier molecular flexibility index (Phi) is 4.57. The molecule has 0 fully saturated rings. The summed E-state index contributed by atoms with van der Waals surface area (Å²) in [7, 11) is 0. The van der Waals surface area contributed by atoms with E-state index in [4.69, 9.17) is 0 Å². The molecule has 0 N–H and O–H groups in total. The van der Waals surface area contributed by atoms with Crippen LogP contribution in [0.3, 0.4) is 0 Å². The maximum Gasteiger partial charge on any atom is 0.142 e. The molecule has 0 aliphatic carbocycles. The summed E-state index contributed by atoms with van der Waals surface area (Å²) in [4.78, 5) is 11.5. The van der Waals surface area contributed by atoms with Gasteiger partial charge < -0.3 is 0 Å². The predicted molar refractivity (Wildman–Crippen MR) is 53.0 cm³/mol. The summed E-state index contributed by atoms with van der Waals surface area (Å²) in [5.74, 6) is 0.260. The van der Waals surface area contributed by atoms with Crippen LogP contribution in [-0.2, 0) is 4.79 Å². The summed E-state index contributed by atoms with van der Waals surface area (Å²) in [5, 5.41) is 0. The molecule has 1 heteroatoms. The van der Waals surface area contributed by atoms with Gasteiger partial charge in [-0.2, -0.15) is 0 Å². The molecule has 0 rings (SSSR count). The zero-order valence-corrected chi connectivity index (χ0v) is 8.26. The number of ketones is 1. The van der Waals surface area contributed by atoms with Crippen molar-refractivity contribution >= 4 is 5.78 Å². The molecule has 0 saturated carbocycles. The predicted octanol–water partition coefficient (Wildman–Crippen LogP) is 3.12. The molecule has 1 atom stereocenters. The summed E-state index contributed by atoms with van der Waals surface area (Å²) in [6, 6.07) is 0. The van der Waals surface area contributed by atoms with E-state index < -0.39 is 0 Å². The molecule has 1 unspecified atom stereocenters. The van der Waals surface area contributed by atoms with Crippen molar-refractivity contribution in [3.63, 3.8) is 0 Å². The van der Waals surface area contributed by atoms with Crippen LogP contribution >= 0.6 is 0 Å². The van der Waals surface area contributed by atoms with Crippen molar-refractivity contribution in [1.29, 1.82) is 0 Å². The van der Waals surface area contributed by atoms with E-state index >= 15 is 0 Å². The lowest BCUT2D eigenvalue weighted by molar-refractivity contribution is -0.125. The molecule has 0 radical (unpaired) electrons. The smallest absolute Gasteiger partial charge is 0.142 e. The fourth-order valence-corrected chi connectivity index (χ4v) is 1.08. The SMILES string of the molecule is C=CC(C)(CC=CC)C(=O)CC. The fraction of sp³-hybridized carbons (Fsp3) is 0.545. The molecule has 0 spiro atoms. The molecule has 0 aliphatic heterocycles. The number of carbonyl (C=O) groups is 1. The topological polar surface area (TPSA) is 17.1 Å². The van der Waals surface area contributed by atoms with Gasteiger partial charge in [-0.05, 0) is 20.3 Å². The highest BCUT2D eigenvalue weighted by molar-refractivity contribution is 5.86. The van der Waals surface area contributed by atoms with E-state index in [2.05, 4.69) is 6.58 Å². The maximum absolute atomic E-state index is 11.5. The Morgan fingerprint density at radius 1 is 1.58 bits per heavy atom. The summed E-state index contributed by atoms with van der Waals surface area (Å²) in [5.41, 5.74) is -0.360. The molecule has 0 bridgehead atoms. The van der Waals surface area contributed by atoms with Gasteiger partial charge in [-0.25, -0.2) is 0 Å². The second-order valence-electron chi connectivity index (χ2n) is 3.17. The molecule has 0 aliphatic rings. The Bertz CT molecular complexity index is 191. The lowest BCUT2D eigenvalue weighted by Crippen LogP contribution is -2.23. The summed E-state index contributed by atoms with van der Waals surface area (Å²) in [6.07, 6.45) is 7.07. The molecule has 0 aromatic heterocycles.